The Balaban J connectivity index is 2.64. The topological polar surface area (TPSA) is 64.9 Å². The van der Waals surface area contributed by atoms with Crippen LogP contribution in [0.3, 0.4) is 0 Å². The third-order valence-corrected chi connectivity index (χ3v) is 3.52. The molecule has 0 bridgehead atoms. The summed E-state index contributed by atoms with van der Waals surface area (Å²) in [7, 11) is 0. The van der Waals surface area contributed by atoms with Crippen molar-refractivity contribution in [3.63, 3.8) is 0 Å². The molecule has 1 aromatic rings. The van der Waals surface area contributed by atoms with Crippen LogP contribution in [0.1, 0.15) is 45.6 Å². The van der Waals surface area contributed by atoms with Crippen LogP contribution in [0.15, 0.2) is 36.0 Å². The van der Waals surface area contributed by atoms with Gasteiger partial charge in [0.1, 0.15) is 11.6 Å². The molecule has 0 heterocycles. The number of carbonyl (C=O) groups excluding carboxylic acids is 1. The predicted octanol–water partition coefficient (Wildman–Crippen LogP) is 3.76. The van der Waals surface area contributed by atoms with Crippen molar-refractivity contribution in [1.29, 1.82) is 5.26 Å². The lowest BCUT2D eigenvalue weighted by Gasteiger charge is -2.09. The van der Waals surface area contributed by atoms with E-state index < -0.39 is 0 Å². The fourth-order valence-electron chi connectivity index (χ4n) is 1.83. The number of unbranched alkanes of at least 4 members (excludes halogenated alkanes) is 1. The first-order chi connectivity index (χ1) is 10.6. The molecule has 4 heteroatoms. The van der Waals surface area contributed by atoms with E-state index in [1.807, 2.05) is 44.2 Å². The molecule has 0 spiro atoms. The third-order valence-electron chi connectivity index (χ3n) is 3.52. The Bertz CT molecular complexity index is 540. The Morgan fingerprint density at radius 3 is 2.55 bits per heavy atom. The first-order valence-corrected chi connectivity index (χ1v) is 7.87. The second-order valence-corrected chi connectivity index (χ2v) is 5.40. The number of benzene rings is 1. The van der Waals surface area contributed by atoms with Gasteiger partial charge < -0.3 is 10.6 Å². The predicted molar refractivity (Wildman–Crippen MR) is 90.3 cm³/mol. The monoisotopic (exact) mass is 299 g/mol. The molecular weight excluding hydrogens is 274 g/mol. The lowest BCUT2D eigenvalue weighted by Crippen LogP contribution is -2.22. The number of nitriles is 1. The Morgan fingerprint density at radius 2 is 2.00 bits per heavy atom. The Labute approximate surface area is 133 Å². The molecule has 1 rings (SSSR count). The lowest BCUT2D eigenvalue weighted by molar-refractivity contribution is -0.112. The maximum atomic E-state index is 12.1. The van der Waals surface area contributed by atoms with E-state index in [0.29, 0.717) is 5.69 Å². The molecule has 1 aromatic carbocycles. The van der Waals surface area contributed by atoms with Crippen LogP contribution in [0.25, 0.3) is 0 Å². The molecule has 1 atom stereocenters. The van der Waals surface area contributed by atoms with Crippen LogP contribution in [0, 0.1) is 11.3 Å². The van der Waals surface area contributed by atoms with Crippen LogP contribution in [0.5, 0.6) is 0 Å². The van der Waals surface area contributed by atoms with Crippen LogP contribution in [-0.4, -0.2) is 11.9 Å². The number of nitrogens with one attached hydrogen (secondary N) is 2. The molecule has 4 nitrogen and oxygen atoms in total. The molecular formula is C18H25N3O. The highest BCUT2D eigenvalue weighted by Gasteiger charge is 2.09. The van der Waals surface area contributed by atoms with Gasteiger partial charge in [-0.1, -0.05) is 32.4 Å². The van der Waals surface area contributed by atoms with E-state index >= 15 is 0 Å². The number of anilines is 1. The van der Waals surface area contributed by atoms with Gasteiger partial charge in [-0.3, -0.25) is 4.79 Å². The standard InChI is InChI=1S/C18H25N3O/c1-4-6-7-15-8-10-17(11-9-15)21-18(22)16(12-19)13-20-14(3)5-2/h8-11,13-14,20H,4-7H2,1-3H3,(H,21,22)/b16-13-. The fraction of sp³-hybridized carbons (Fsp3) is 0.444. The number of nitrogens with zero attached hydrogens (tertiary/aromatic N) is 1. The lowest BCUT2D eigenvalue weighted by atomic mass is 10.1. The van der Waals surface area contributed by atoms with Gasteiger partial charge in [0.25, 0.3) is 5.91 Å². The van der Waals surface area contributed by atoms with Crippen molar-refractivity contribution in [2.24, 2.45) is 0 Å². The minimum Gasteiger partial charge on any atom is -0.387 e. The minimum atomic E-state index is -0.389. The van der Waals surface area contributed by atoms with Crippen LogP contribution < -0.4 is 10.6 Å². The number of amides is 1. The summed E-state index contributed by atoms with van der Waals surface area (Å²) in [4.78, 5) is 12.1. The summed E-state index contributed by atoms with van der Waals surface area (Å²) in [6.45, 7) is 6.20. The zero-order chi connectivity index (χ0) is 16.4. The van der Waals surface area contributed by atoms with Crippen molar-refractivity contribution in [1.82, 2.24) is 5.32 Å². The van der Waals surface area contributed by atoms with Gasteiger partial charge in [-0.2, -0.15) is 5.26 Å². The normalized spacial score (nSPS) is 12.4. The first-order valence-electron chi connectivity index (χ1n) is 7.87. The summed E-state index contributed by atoms with van der Waals surface area (Å²) >= 11 is 0. The second kappa shape index (κ2) is 9.62. The van der Waals surface area contributed by atoms with Crippen molar-refractivity contribution < 1.29 is 4.79 Å². The molecule has 0 aliphatic heterocycles. The molecule has 22 heavy (non-hydrogen) atoms. The van der Waals surface area contributed by atoms with Crippen LogP contribution >= 0.6 is 0 Å². The van der Waals surface area contributed by atoms with E-state index in [1.165, 1.54) is 11.8 Å². The van der Waals surface area contributed by atoms with E-state index in [9.17, 15) is 4.79 Å². The average molecular weight is 299 g/mol. The van der Waals surface area contributed by atoms with Crippen LogP contribution in [0.2, 0.25) is 0 Å². The van der Waals surface area contributed by atoms with E-state index in [0.717, 1.165) is 25.7 Å². The molecule has 0 aromatic heterocycles. The van der Waals surface area contributed by atoms with Gasteiger partial charge in [-0.25, -0.2) is 0 Å². The van der Waals surface area contributed by atoms with Gasteiger partial charge in [-0.05, 0) is 43.9 Å². The number of hydrogen-bond donors (Lipinski definition) is 2. The maximum Gasteiger partial charge on any atom is 0.267 e. The zero-order valence-corrected chi connectivity index (χ0v) is 13.6. The van der Waals surface area contributed by atoms with Crippen molar-refractivity contribution in [3.05, 3.63) is 41.6 Å². The minimum absolute atomic E-state index is 0.0790. The van der Waals surface area contributed by atoms with E-state index in [2.05, 4.69) is 17.6 Å². The molecule has 0 aliphatic rings. The van der Waals surface area contributed by atoms with Gasteiger partial charge >= 0.3 is 0 Å². The van der Waals surface area contributed by atoms with E-state index in [4.69, 9.17) is 5.26 Å². The van der Waals surface area contributed by atoms with Crippen molar-refractivity contribution in [2.75, 3.05) is 5.32 Å². The summed E-state index contributed by atoms with van der Waals surface area (Å²) in [5, 5.41) is 14.9. The SMILES string of the molecule is CCCCc1ccc(NC(=O)/C(C#N)=C\NC(C)CC)cc1. The number of aryl methyl sites for hydroxylation is 1. The Kier molecular flexibility index (Phi) is 7.77. The Hall–Kier alpha value is -2.28. The first kappa shape index (κ1) is 17.8. The summed E-state index contributed by atoms with van der Waals surface area (Å²) in [6.07, 6.45) is 5.79. The number of carbonyl (C=O) groups is 1. The summed E-state index contributed by atoms with van der Waals surface area (Å²) in [5.41, 5.74) is 2.04. The average Bonchev–Trinajstić information content (AvgIpc) is 2.54. The molecule has 2 N–H and O–H groups in total. The highest BCUT2D eigenvalue weighted by molar-refractivity contribution is 6.06. The third kappa shape index (κ3) is 6.01. The smallest absolute Gasteiger partial charge is 0.267 e. The number of rotatable bonds is 8. The van der Waals surface area contributed by atoms with E-state index in [1.54, 1.807) is 0 Å². The molecule has 0 saturated heterocycles. The Morgan fingerprint density at radius 1 is 1.32 bits per heavy atom. The van der Waals surface area contributed by atoms with Crippen molar-refractivity contribution in [2.45, 2.75) is 52.5 Å². The van der Waals surface area contributed by atoms with Gasteiger partial charge in [0.2, 0.25) is 0 Å². The summed E-state index contributed by atoms with van der Waals surface area (Å²) in [6, 6.07) is 9.93. The van der Waals surface area contributed by atoms with Crippen LogP contribution in [-0.2, 0) is 11.2 Å². The summed E-state index contributed by atoms with van der Waals surface area (Å²) in [5.74, 6) is -0.389. The molecule has 1 amide bonds. The molecule has 1 unspecified atom stereocenters. The van der Waals surface area contributed by atoms with E-state index in [-0.39, 0.29) is 17.5 Å². The molecule has 0 radical (unpaired) electrons. The fourth-order valence-corrected chi connectivity index (χ4v) is 1.83. The summed E-state index contributed by atoms with van der Waals surface area (Å²) < 4.78 is 0. The molecule has 118 valence electrons. The highest BCUT2D eigenvalue weighted by atomic mass is 16.1. The van der Waals surface area contributed by atoms with Gasteiger partial charge in [0, 0.05) is 17.9 Å². The van der Waals surface area contributed by atoms with Crippen molar-refractivity contribution >= 4 is 11.6 Å². The van der Waals surface area contributed by atoms with Crippen LogP contribution in [0.4, 0.5) is 5.69 Å². The van der Waals surface area contributed by atoms with Gasteiger partial charge in [0.05, 0.1) is 0 Å². The van der Waals surface area contributed by atoms with Crippen molar-refractivity contribution in [3.8, 4) is 6.07 Å². The van der Waals surface area contributed by atoms with Gasteiger partial charge in [-0.15, -0.1) is 0 Å². The zero-order valence-electron chi connectivity index (χ0n) is 13.6. The molecule has 0 saturated carbocycles. The molecule has 0 aliphatic carbocycles. The largest absolute Gasteiger partial charge is 0.387 e. The van der Waals surface area contributed by atoms with Gasteiger partial charge in [0.15, 0.2) is 0 Å². The quantitative estimate of drug-likeness (QED) is 0.567. The number of hydrogen-bond acceptors (Lipinski definition) is 3. The second-order valence-electron chi connectivity index (χ2n) is 5.40. The maximum absolute atomic E-state index is 12.1. The molecule has 0 fully saturated rings. The highest BCUT2D eigenvalue weighted by Crippen LogP contribution is 2.12.